The standard InChI is InChI=1S/C15H20FNO7S/c1-15(2,3)23-14(19)17-12(13(18)22-4)9-10-5-7-11(8-6-10)24-25(16,20)21/h5-8,12H,9H2,1-4H3,(H,17,19)/t12-/m0/s1. The van der Waals surface area contributed by atoms with E-state index in [0.717, 1.165) is 0 Å². The molecule has 0 aromatic heterocycles. The Kier molecular flexibility index (Phi) is 6.74. The lowest BCUT2D eigenvalue weighted by Crippen LogP contribution is -2.45. The maximum atomic E-state index is 12.4. The third-order valence-electron chi connectivity index (χ3n) is 2.74. The highest BCUT2D eigenvalue weighted by molar-refractivity contribution is 7.81. The van der Waals surface area contributed by atoms with E-state index in [2.05, 4.69) is 14.2 Å². The van der Waals surface area contributed by atoms with E-state index in [9.17, 15) is 21.9 Å². The number of nitrogens with one attached hydrogen (secondary N) is 1. The van der Waals surface area contributed by atoms with Crippen LogP contribution in [0, 0.1) is 0 Å². The molecule has 1 atom stereocenters. The van der Waals surface area contributed by atoms with Crippen LogP contribution in [0.25, 0.3) is 0 Å². The second-order valence-electron chi connectivity index (χ2n) is 6.05. The summed E-state index contributed by atoms with van der Waals surface area (Å²) >= 11 is 0. The average Bonchev–Trinajstić information content (AvgIpc) is 2.44. The molecule has 10 heteroatoms. The van der Waals surface area contributed by atoms with E-state index in [-0.39, 0.29) is 12.2 Å². The van der Waals surface area contributed by atoms with Crippen LogP contribution in [0.2, 0.25) is 0 Å². The summed E-state index contributed by atoms with van der Waals surface area (Å²) in [5.41, 5.74) is -0.184. The molecular formula is C15H20FNO7S. The molecule has 0 aliphatic heterocycles. The van der Waals surface area contributed by atoms with Crippen LogP contribution in [-0.2, 0) is 31.2 Å². The monoisotopic (exact) mass is 377 g/mol. The van der Waals surface area contributed by atoms with E-state index in [1.54, 1.807) is 20.8 Å². The predicted molar refractivity (Wildman–Crippen MR) is 86.0 cm³/mol. The molecule has 0 radical (unpaired) electrons. The molecule has 0 aliphatic carbocycles. The molecule has 0 spiro atoms. The molecule has 1 amide bonds. The molecule has 1 N–H and O–H groups in total. The molecule has 0 unspecified atom stereocenters. The van der Waals surface area contributed by atoms with Gasteiger partial charge in [0, 0.05) is 6.42 Å². The van der Waals surface area contributed by atoms with Crippen molar-refractivity contribution in [1.29, 1.82) is 0 Å². The molecule has 0 fully saturated rings. The number of esters is 1. The predicted octanol–water partition coefficient (Wildman–Crippen LogP) is 1.89. The van der Waals surface area contributed by atoms with Gasteiger partial charge in [-0.1, -0.05) is 16.0 Å². The highest BCUT2D eigenvalue weighted by Crippen LogP contribution is 2.16. The molecule has 0 heterocycles. The number of amides is 1. The zero-order valence-electron chi connectivity index (χ0n) is 14.2. The van der Waals surface area contributed by atoms with Crippen LogP contribution >= 0.6 is 0 Å². The molecule has 8 nitrogen and oxygen atoms in total. The van der Waals surface area contributed by atoms with Crippen molar-refractivity contribution >= 4 is 22.6 Å². The van der Waals surface area contributed by atoms with Gasteiger partial charge in [0.25, 0.3) is 0 Å². The van der Waals surface area contributed by atoms with E-state index < -0.39 is 34.2 Å². The highest BCUT2D eigenvalue weighted by atomic mass is 32.3. The zero-order valence-corrected chi connectivity index (χ0v) is 15.1. The molecule has 140 valence electrons. The van der Waals surface area contributed by atoms with Crippen LogP contribution in [0.4, 0.5) is 8.68 Å². The normalized spacial score (nSPS) is 12.8. The first kappa shape index (κ1) is 20.7. The fraction of sp³-hybridized carbons (Fsp3) is 0.467. The number of carbonyl (C=O) groups is 2. The molecular weight excluding hydrogens is 357 g/mol. The van der Waals surface area contributed by atoms with Crippen molar-refractivity contribution < 1.29 is 35.5 Å². The van der Waals surface area contributed by atoms with E-state index in [4.69, 9.17) is 4.74 Å². The molecule has 0 saturated carbocycles. The Morgan fingerprint density at radius 3 is 2.20 bits per heavy atom. The van der Waals surface area contributed by atoms with Gasteiger partial charge in [0.05, 0.1) is 7.11 Å². The number of benzene rings is 1. The van der Waals surface area contributed by atoms with Gasteiger partial charge in [-0.25, -0.2) is 9.59 Å². The van der Waals surface area contributed by atoms with Gasteiger partial charge in [0.15, 0.2) is 0 Å². The third kappa shape index (κ3) is 8.34. The fourth-order valence-electron chi connectivity index (χ4n) is 1.82. The number of hydrogen-bond donors (Lipinski definition) is 1. The Bertz CT molecular complexity index is 710. The summed E-state index contributed by atoms with van der Waals surface area (Å²) in [6.45, 7) is 5.03. The summed E-state index contributed by atoms with van der Waals surface area (Å²) < 4.78 is 47.1. The second kappa shape index (κ2) is 8.15. The van der Waals surface area contributed by atoms with Crippen LogP contribution in [-0.4, -0.2) is 39.2 Å². The number of alkyl carbamates (subject to hydrolysis) is 1. The number of ether oxygens (including phenoxy) is 2. The molecule has 0 aliphatic rings. The van der Waals surface area contributed by atoms with Crippen LogP contribution < -0.4 is 9.50 Å². The minimum Gasteiger partial charge on any atom is -0.467 e. The summed E-state index contributed by atoms with van der Waals surface area (Å²) in [6.07, 6.45) is -0.736. The first-order chi connectivity index (χ1) is 11.4. The van der Waals surface area contributed by atoms with Crippen molar-refractivity contribution in [1.82, 2.24) is 5.32 Å². The quantitative estimate of drug-likeness (QED) is 0.596. The molecule has 1 aromatic carbocycles. The van der Waals surface area contributed by atoms with Crippen LogP contribution in [0.15, 0.2) is 24.3 Å². The summed E-state index contributed by atoms with van der Waals surface area (Å²) in [6, 6.07) is 4.26. The second-order valence-corrected chi connectivity index (χ2v) is 7.00. The molecule has 0 bridgehead atoms. The van der Waals surface area contributed by atoms with Crippen molar-refractivity contribution in [2.45, 2.75) is 38.8 Å². The largest absolute Gasteiger partial charge is 0.488 e. The Balaban J connectivity index is 2.81. The minimum atomic E-state index is -5.11. The number of methoxy groups -OCH3 is 1. The molecule has 25 heavy (non-hydrogen) atoms. The Morgan fingerprint density at radius 2 is 1.76 bits per heavy atom. The van der Waals surface area contributed by atoms with Gasteiger partial charge >= 0.3 is 22.6 Å². The zero-order chi connectivity index (χ0) is 19.3. The van der Waals surface area contributed by atoms with Gasteiger partial charge in [-0.05, 0) is 38.5 Å². The van der Waals surface area contributed by atoms with Crippen LogP contribution in [0.5, 0.6) is 5.75 Å². The minimum absolute atomic E-state index is 0.0502. The van der Waals surface area contributed by atoms with Gasteiger partial charge in [-0.2, -0.15) is 8.42 Å². The summed E-state index contributed by atoms with van der Waals surface area (Å²) in [5.74, 6) is -0.904. The maximum absolute atomic E-state index is 12.4. The number of hydrogen-bond acceptors (Lipinski definition) is 7. The number of carbonyl (C=O) groups excluding carboxylic acids is 2. The maximum Gasteiger partial charge on any atom is 0.488 e. The Hall–Kier alpha value is -2.36. The third-order valence-corrected chi connectivity index (χ3v) is 3.13. The van der Waals surface area contributed by atoms with E-state index >= 15 is 0 Å². The molecule has 0 saturated heterocycles. The lowest BCUT2D eigenvalue weighted by Gasteiger charge is -2.22. The SMILES string of the molecule is COC(=O)[C@H](Cc1ccc(OS(=O)(=O)F)cc1)NC(=O)OC(C)(C)C. The highest BCUT2D eigenvalue weighted by Gasteiger charge is 2.25. The van der Waals surface area contributed by atoms with Crippen molar-refractivity contribution in [3.05, 3.63) is 29.8 Å². The van der Waals surface area contributed by atoms with Crippen molar-refractivity contribution in [3.63, 3.8) is 0 Å². The van der Waals surface area contributed by atoms with Crippen LogP contribution in [0.3, 0.4) is 0 Å². The number of halogens is 1. The summed E-state index contributed by atoms with van der Waals surface area (Å²) in [4.78, 5) is 23.6. The first-order valence-electron chi connectivity index (χ1n) is 7.20. The van der Waals surface area contributed by atoms with E-state index in [1.165, 1.54) is 31.4 Å². The fourth-order valence-corrected chi connectivity index (χ4v) is 2.16. The van der Waals surface area contributed by atoms with Crippen molar-refractivity contribution in [2.75, 3.05) is 7.11 Å². The van der Waals surface area contributed by atoms with Gasteiger partial charge < -0.3 is 19.0 Å². The van der Waals surface area contributed by atoms with Crippen molar-refractivity contribution in [3.8, 4) is 5.75 Å². The lowest BCUT2D eigenvalue weighted by molar-refractivity contribution is -0.143. The van der Waals surface area contributed by atoms with Crippen LogP contribution in [0.1, 0.15) is 26.3 Å². The van der Waals surface area contributed by atoms with Gasteiger partial charge in [-0.3, -0.25) is 0 Å². The lowest BCUT2D eigenvalue weighted by atomic mass is 10.1. The number of rotatable bonds is 6. The van der Waals surface area contributed by atoms with Gasteiger partial charge in [-0.15, -0.1) is 0 Å². The van der Waals surface area contributed by atoms with Gasteiger partial charge in [0.2, 0.25) is 0 Å². The van der Waals surface area contributed by atoms with E-state index in [1.807, 2.05) is 0 Å². The smallest absolute Gasteiger partial charge is 0.467 e. The Morgan fingerprint density at radius 1 is 1.20 bits per heavy atom. The first-order valence-corrected chi connectivity index (χ1v) is 8.51. The summed E-state index contributed by atoms with van der Waals surface area (Å²) in [7, 11) is -3.94. The van der Waals surface area contributed by atoms with E-state index in [0.29, 0.717) is 5.56 Å². The van der Waals surface area contributed by atoms with Gasteiger partial charge in [0.1, 0.15) is 17.4 Å². The molecule has 1 aromatic rings. The summed E-state index contributed by atoms with van der Waals surface area (Å²) in [5, 5.41) is 2.40. The Labute approximate surface area is 145 Å². The van der Waals surface area contributed by atoms with Crippen molar-refractivity contribution in [2.24, 2.45) is 0 Å². The molecule has 1 rings (SSSR count). The average molecular weight is 377 g/mol. The topological polar surface area (TPSA) is 108 Å².